The molecule has 2 aromatic rings. The topological polar surface area (TPSA) is 67.3 Å². The lowest BCUT2D eigenvalue weighted by molar-refractivity contribution is 0.181. The molecule has 0 radical (unpaired) electrons. The number of amides is 1. The van der Waals surface area contributed by atoms with E-state index in [4.69, 9.17) is 4.74 Å². The highest BCUT2D eigenvalue weighted by molar-refractivity contribution is 7.09. The first-order valence-electron chi connectivity index (χ1n) is 6.74. The number of nitrogens with one attached hydrogen (secondary N) is 1. The quantitative estimate of drug-likeness (QED) is 0.940. The number of hydrogen-bond acceptors (Lipinski definition) is 6. The molecule has 2 heterocycles. The summed E-state index contributed by atoms with van der Waals surface area (Å²) in [5.74, 6) is 0.767. The number of ether oxygens (including phenoxy) is 1. The Balaban J connectivity index is 1.77. The maximum atomic E-state index is 11.6. The molecule has 110 valence electrons. The van der Waals surface area contributed by atoms with E-state index in [2.05, 4.69) is 21.6 Å². The van der Waals surface area contributed by atoms with E-state index in [1.807, 2.05) is 31.2 Å². The van der Waals surface area contributed by atoms with E-state index >= 15 is 0 Å². The molecule has 1 fully saturated rings. The lowest BCUT2D eigenvalue weighted by Crippen LogP contribution is -2.23. The van der Waals surface area contributed by atoms with Gasteiger partial charge in [-0.2, -0.15) is 4.37 Å². The van der Waals surface area contributed by atoms with Crippen LogP contribution in [-0.4, -0.2) is 28.6 Å². The second kappa shape index (κ2) is 5.69. The van der Waals surface area contributed by atoms with Crippen LogP contribution in [0.15, 0.2) is 24.3 Å². The molecular formula is C14H16N4O2S. The highest BCUT2D eigenvalue weighted by atomic mass is 32.1. The summed E-state index contributed by atoms with van der Waals surface area (Å²) in [4.78, 5) is 17.6. The molecule has 0 unspecified atom stereocenters. The third-order valence-electron chi connectivity index (χ3n) is 3.31. The molecule has 0 bridgehead atoms. The van der Waals surface area contributed by atoms with Crippen LogP contribution in [0.4, 0.5) is 15.6 Å². The van der Waals surface area contributed by atoms with Crippen LogP contribution in [-0.2, 0) is 4.74 Å². The molecule has 21 heavy (non-hydrogen) atoms. The molecular weight excluding hydrogens is 288 g/mol. The molecule has 6 nitrogen and oxygen atoms in total. The van der Waals surface area contributed by atoms with E-state index in [0.717, 1.165) is 22.2 Å². The number of carbonyl (C=O) groups excluding carboxylic acids is 1. The molecule has 1 aromatic carbocycles. The molecule has 1 aliphatic rings. The third kappa shape index (κ3) is 2.97. The van der Waals surface area contributed by atoms with Gasteiger partial charge < -0.3 is 10.1 Å². The Bertz CT molecular complexity index is 658. The van der Waals surface area contributed by atoms with Gasteiger partial charge in [0.1, 0.15) is 12.4 Å². The van der Waals surface area contributed by atoms with Gasteiger partial charge in [-0.05, 0) is 31.5 Å². The highest BCUT2D eigenvalue weighted by Crippen LogP contribution is 2.25. The van der Waals surface area contributed by atoms with Crippen molar-refractivity contribution in [1.82, 2.24) is 9.36 Å². The van der Waals surface area contributed by atoms with Crippen molar-refractivity contribution < 1.29 is 9.53 Å². The van der Waals surface area contributed by atoms with Crippen LogP contribution in [0.25, 0.3) is 0 Å². The fraction of sp³-hybridized carbons (Fsp3) is 0.357. The molecule has 1 saturated heterocycles. The van der Waals surface area contributed by atoms with Crippen molar-refractivity contribution in [1.29, 1.82) is 0 Å². The Kier molecular flexibility index (Phi) is 3.74. The zero-order valence-corrected chi connectivity index (χ0v) is 12.7. The lowest BCUT2D eigenvalue weighted by Gasteiger charge is -2.17. The van der Waals surface area contributed by atoms with Gasteiger partial charge in [0.05, 0.1) is 12.6 Å². The van der Waals surface area contributed by atoms with Gasteiger partial charge >= 0.3 is 6.09 Å². The predicted octanol–water partition coefficient (Wildman–Crippen LogP) is 2.98. The van der Waals surface area contributed by atoms with E-state index in [0.29, 0.717) is 13.2 Å². The van der Waals surface area contributed by atoms with Crippen molar-refractivity contribution >= 4 is 28.4 Å². The molecule has 1 N–H and O–H groups in total. The van der Waals surface area contributed by atoms with Crippen molar-refractivity contribution in [3.8, 4) is 0 Å². The van der Waals surface area contributed by atoms with Gasteiger partial charge in [-0.1, -0.05) is 12.1 Å². The Morgan fingerprint density at radius 1 is 1.48 bits per heavy atom. The number of carbonyl (C=O) groups is 1. The smallest absolute Gasteiger partial charge is 0.414 e. The lowest BCUT2D eigenvalue weighted by atomic mass is 10.1. The Labute approximate surface area is 126 Å². The van der Waals surface area contributed by atoms with Gasteiger partial charge in [-0.15, -0.1) is 0 Å². The minimum Gasteiger partial charge on any atom is -0.447 e. The molecule has 0 spiro atoms. The van der Waals surface area contributed by atoms with E-state index in [1.165, 1.54) is 11.5 Å². The molecule has 7 heteroatoms. The van der Waals surface area contributed by atoms with Crippen molar-refractivity contribution in [3.05, 3.63) is 35.7 Å². The average molecular weight is 304 g/mol. The standard InChI is InChI=1S/C14H16N4O2S/c1-9(15-13-16-10(2)17-21-13)11-4-3-5-12(8-11)18-6-7-20-14(18)19/h3-5,8-9H,6-7H2,1-2H3,(H,15,16,17)/t9-/m0/s1. The average Bonchev–Trinajstić information content (AvgIpc) is 3.07. The normalized spacial score (nSPS) is 15.9. The van der Waals surface area contributed by atoms with Crippen LogP contribution in [0.1, 0.15) is 24.4 Å². The molecule has 1 atom stereocenters. The minimum absolute atomic E-state index is 0.0796. The second-order valence-electron chi connectivity index (χ2n) is 4.87. The first-order chi connectivity index (χ1) is 10.1. The number of rotatable bonds is 4. The first-order valence-corrected chi connectivity index (χ1v) is 7.52. The van der Waals surface area contributed by atoms with Gasteiger partial charge in [0.15, 0.2) is 0 Å². The maximum absolute atomic E-state index is 11.6. The van der Waals surface area contributed by atoms with Crippen LogP contribution >= 0.6 is 11.5 Å². The highest BCUT2D eigenvalue weighted by Gasteiger charge is 2.23. The zero-order valence-electron chi connectivity index (χ0n) is 11.9. The van der Waals surface area contributed by atoms with Gasteiger partial charge in [0.25, 0.3) is 0 Å². The van der Waals surface area contributed by atoms with Crippen molar-refractivity contribution in [3.63, 3.8) is 0 Å². The van der Waals surface area contributed by atoms with Crippen LogP contribution in [0.2, 0.25) is 0 Å². The summed E-state index contributed by atoms with van der Waals surface area (Å²) in [6, 6.07) is 7.96. The van der Waals surface area contributed by atoms with Crippen molar-refractivity contribution in [2.24, 2.45) is 0 Å². The summed E-state index contributed by atoms with van der Waals surface area (Å²) in [7, 11) is 0. The molecule has 0 aliphatic carbocycles. The number of cyclic esters (lactones) is 1. The molecule has 1 aromatic heterocycles. The van der Waals surface area contributed by atoms with Crippen molar-refractivity contribution in [2.75, 3.05) is 23.4 Å². The molecule has 1 amide bonds. The van der Waals surface area contributed by atoms with E-state index < -0.39 is 0 Å². The number of aryl methyl sites for hydroxylation is 1. The van der Waals surface area contributed by atoms with Gasteiger partial charge in [0.2, 0.25) is 5.13 Å². The summed E-state index contributed by atoms with van der Waals surface area (Å²) >= 11 is 1.35. The summed E-state index contributed by atoms with van der Waals surface area (Å²) in [6.45, 7) is 4.96. The number of anilines is 2. The van der Waals surface area contributed by atoms with Crippen LogP contribution < -0.4 is 10.2 Å². The molecule has 0 saturated carbocycles. The molecule has 3 rings (SSSR count). The van der Waals surface area contributed by atoms with E-state index in [9.17, 15) is 4.79 Å². The minimum atomic E-state index is -0.285. The maximum Gasteiger partial charge on any atom is 0.414 e. The number of benzene rings is 1. The SMILES string of the molecule is Cc1nsc(N[C@@H](C)c2cccc(N3CCOC3=O)c2)n1. The monoisotopic (exact) mass is 304 g/mol. The fourth-order valence-corrected chi connectivity index (χ4v) is 2.88. The Morgan fingerprint density at radius 2 is 2.33 bits per heavy atom. The number of aromatic nitrogens is 2. The first kappa shape index (κ1) is 13.8. The van der Waals surface area contributed by atoms with Crippen LogP contribution in [0, 0.1) is 6.92 Å². The number of nitrogens with zero attached hydrogens (tertiary/aromatic N) is 3. The van der Waals surface area contributed by atoms with Crippen LogP contribution in [0.3, 0.4) is 0 Å². The van der Waals surface area contributed by atoms with Crippen LogP contribution in [0.5, 0.6) is 0 Å². The van der Waals surface area contributed by atoms with Crippen molar-refractivity contribution in [2.45, 2.75) is 19.9 Å². The largest absolute Gasteiger partial charge is 0.447 e. The Morgan fingerprint density at radius 3 is 3.00 bits per heavy atom. The van der Waals surface area contributed by atoms with E-state index in [-0.39, 0.29) is 12.1 Å². The van der Waals surface area contributed by atoms with E-state index in [1.54, 1.807) is 4.90 Å². The molecule has 1 aliphatic heterocycles. The summed E-state index contributed by atoms with van der Waals surface area (Å²) < 4.78 is 9.13. The van der Waals surface area contributed by atoms with Gasteiger partial charge in [-0.3, -0.25) is 4.90 Å². The summed E-state index contributed by atoms with van der Waals surface area (Å²) in [6.07, 6.45) is -0.285. The van der Waals surface area contributed by atoms with Gasteiger partial charge in [-0.25, -0.2) is 9.78 Å². The fourth-order valence-electron chi connectivity index (χ4n) is 2.21. The predicted molar refractivity (Wildman–Crippen MR) is 81.8 cm³/mol. The Hall–Kier alpha value is -2.15. The number of hydrogen-bond donors (Lipinski definition) is 1. The second-order valence-corrected chi connectivity index (χ2v) is 5.63. The summed E-state index contributed by atoms with van der Waals surface area (Å²) in [5, 5.41) is 4.12. The van der Waals surface area contributed by atoms with Gasteiger partial charge in [0, 0.05) is 17.2 Å². The summed E-state index contributed by atoms with van der Waals surface area (Å²) in [5.41, 5.74) is 1.94. The third-order valence-corrected chi connectivity index (χ3v) is 4.05. The zero-order chi connectivity index (χ0) is 14.8.